The van der Waals surface area contributed by atoms with Crippen LogP contribution in [0.4, 0.5) is 28.4 Å². The number of fused-ring (bicyclic) bond motifs is 6. The molecule has 0 bridgehead atoms. The standard InChI is InChI=1S/C63H50N2/c1-63(2)59-41-49(31-37-55(59)56-38-32-50(42-60(56)63)48-20-14-22-54(40-48)65-61-25-11-9-23-57(61)58-24-10-12-26-62(58)65)47-19-13-21-53(39-47)64(51-33-27-45(28-34-51)43-15-5-3-6-16-43)52-35-29-46(30-36-52)44-17-7-4-8-18-44/h3,5-7,9-42,57,61H,4,8H2,1-2H3. The lowest BCUT2D eigenvalue weighted by molar-refractivity contribution is 0.661. The highest BCUT2D eigenvalue weighted by Crippen LogP contribution is 2.52. The topological polar surface area (TPSA) is 6.48 Å². The maximum atomic E-state index is 2.53. The number of para-hydroxylation sites is 1. The highest BCUT2D eigenvalue weighted by atomic mass is 15.2. The van der Waals surface area contributed by atoms with E-state index < -0.39 is 0 Å². The van der Waals surface area contributed by atoms with Crippen molar-refractivity contribution in [1.29, 1.82) is 0 Å². The normalized spacial score (nSPS) is 17.3. The molecule has 0 fully saturated rings. The smallest absolute Gasteiger partial charge is 0.0629 e. The molecule has 2 heteroatoms. The second-order valence-electron chi connectivity index (χ2n) is 18.4. The molecule has 0 amide bonds. The Hall–Kier alpha value is -7.68. The van der Waals surface area contributed by atoms with E-state index in [2.05, 4.69) is 254 Å². The summed E-state index contributed by atoms with van der Waals surface area (Å²) in [5.41, 5.74) is 22.4. The van der Waals surface area contributed by atoms with Gasteiger partial charge in [0.05, 0.1) is 6.04 Å². The summed E-state index contributed by atoms with van der Waals surface area (Å²) in [6.07, 6.45) is 18.2. The minimum absolute atomic E-state index is 0.177. The van der Waals surface area contributed by atoms with Crippen LogP contribution in [0.5, 0.6) is 0 Å². The van der Waals surface area contributed by atoms with E-state index in [0.717, 1.165) is 29.9 Å². The van der Waals surface area contributed by atoms with Gasteiger partial charge in [-0.1, -0.05) is 178 Å². The van der Waals surface area contributed by atoms with Crippen LogP contribution in [0, 0.1) is 0 Å². The largest absolute Gasteiger partial charge is 0.333 e. The molecule has 0 saturated carbocycles. The summed E-state index contributed by atoms with van der Waals surface area (Å²) in [4.78, 5) is 4.91. The van der Waals surface area contributed by atoms with Gasteiger partial charge in [-0.15, -0.1) is 0 Å². The number of rotatable bonds is 8. The average molecular weight is 835 g/mol. The van der Waals surface area contributed by atoms with Crippen LogP contribution in [0.1, 0.15) is 54.9 Å². The molecule has 0 radical (unpaired) electrons. The molecular weight excluding hydrogens is 785 g/mol. The van der Waals surface area contributed by atoms with Crippen molar-refractivity contribution in [3.63, 3.8) is 0 Å². The van der Waals surface area contributed by atoms with E-state index in [1.54, 1.807) is 0 Å². The first-order valence-electron chi connectivity index (χ1n) is 23.1. The van der Waals surface area contributed by atoms with Gasteiger partial charge in [0.15, 0.2) is 0 Å². The second kappa shape index (κ2) is 15.8. The summed E-state index contributed by atoms with van der Waals surface area (Å²) in [6.45, 7) is 4.79. The number of allylic oxidation sites excluding steroid dienone is 6. The Morgan fingerprint density at radius 2 is 1.06 bits per heavy atom. The van der Waals surface area contributed by atoms with E-state index in [1.807, 2.05) is 0 Å². The molecule has 0 spiro atoms. The second-order valence-corrected chi connectivity index (χ2v) is 18.4. The molecular formula is C63H50N2. The van der Waals surface area contributed by atoms with Crippen LogP contribution in [0.25, 0.3) is 50.1 Å². The molecule has 65 heavy (non-hydrogen) atoms. The highest BCUT2D eigenvalue weighted by molar-refractivity contribution is 5.88. The number of hydrogen-bond donors (Lipinski definition) is 0. The van der Waals surface area contributed by atoms with Crippen LogP contribution < -0.4 is 9.80 Å². The van der Waals surface area contributed by atoms with Gasteiger partial charge in [0.2, 0.25) is 0 Å². The predicted molar refractivity (Wildman–Crippen MR) is 275 cm³/mol. The summed E-state index contributed by atoms with van der Waals surface area (Å²) in [6, 6.07) is 70.3. The number of nitrogens with zero attached hydrogens (tertiary/aromatic N) is 2. The van der Waals surface area contributed by atoms with Gasteiger partial charge in [-0.2, -0.15) is 0 Å². The first kappa shape index (κ1) is 39.0. The summed E-state index contributed by atoms with van der Waals surface area (Å²) >= 11 is 0. The lowest BCUT2D eigenvalue weighted by Crippen LogP contribution is -2.28. The van der Waals surface area contributed by atoms with Crippen LogP contribution in [0.3, 0.4) is 0 Å². The molecule has 1 heterocycles. The van der Waals surface area contributed by atoms with Crippen molar-refractivity contribution in [1.82, 2.24) is 0 Å². The zero-order valence-corrected chi connectivity index (χ0v) is 36.9. The van der Waals surface area contributed by atoms with Gasteiger partial charge in [-0.25, -0.2) is 0 Å². The van der Waals surface area contributed by atoms with Gasteiger partial charge < -0.3 is 9.80 Å². The van der Waals surface area contributed by atoms with Gasteiger partial charge in [0.25, 0.3) is 0 Å². The molecule has 2 atom stereocenters. The predicted octanol–water partition coefficient (Wildman–Crippen LogP) is 16.9. The Kier molecular flexibility index (Phi) is 9.49. The van der Waals surface area contributed by atoms with Crippen LogP contribution >= 0.6 is 0 Å². The highest BCUT2D eigenvalue weighted by Gasteiger charge is 2.38. The van der Waals surface area contributed by atoms with Crippen molar-refractivity contribution in [2.75, 3.05) is 9.80 Å². The Balaban J connectivity index is 0.871. The van der Waals surface area contributed by atoms with E-state index in [0.29, 0.717) is 5.92 Å². The zero-order chi connectivity index (χ0) is 43.5. The van der Waals surface area contributed by atoms with E-state index in [4.69, 9.17) is 0 Å². The summed E-state index contributed by atoms with van der Waals surface area (Å²) < 4.78 is 0. The molecule has 4 aliphatic rings. The Morgan fingerprint density at radius 3 is 1.77 bits per heavy atom. The van der Waals surface area contributed by atoms with Crippen molar-refractivity contribution in [3.05, 3.63) is 253 Å². The van der Waals surface area contributed by atoms with Crippen molar-refractivity contribution in [3.8, 4) is 44.5 Å². The maximum absolute atomic E-state index is 2.53. The van der Waals surface area contributed by atoms with E-state index in [1.165, 1.54) is 83.7 Å². The maximum Gasteiger partial charge on any atom is 0.0629 e. The van der Waals surface area contributed by atoms with E-state index in [-0.39, 0.29) is 11.5 Å². The summed E-state index contributed by atoms with van der Waals surface area (Å²) in [7, 11) is 0. The van der Waals surface area contributed by atoms with Crippen LogP contribution in [-0.2, 0) is 5.41 Å². The zero-order valence-electron chi connectivity index (χ0n) is 36.9. The third-order valence-corrected chi connectivity index (χ3v) is 14.2. The van der Waals surface area contributed by atoms with E-state index >= 15 is 0 Å². The molecule has 8 aromatic rings. The van der Waals surface area contributed by atoms with Gasteiger partial charge in [0.1, 0.15) is 0 Å². The fourth-order valence-corrected chi connectivity index (χ4v) is 10.9. The minimum atomic E-state index is -0.177. The van der Waals surface area contributed by atoms with Crippen molar-refractivity contribution < 1.29 is 0 Å². The third-order valence-electron chi connectivity index (χ3n) is 14.2. The summed E-state index contributed by atoms with van der Waals surface area (Å²) in [5.74, 6) is 0.363. The molecule has 0 saturated heterocycles. The lowest BCUT2D eigenvalue weighted by atomic mass is 9.81. The monoisotopic (exact) mass is 834 g/mol. The fourth-order valence-electron chi connectivity index (χ4n) is 10.9. The molecule has 2 nitrogen and oxygen atoms in total. The van der Waals surface area contributed by atoms with Crippen LogP contribution in [0.15, 0.2) is 231 Å². The first-order chi connectivity index (χ1) is 32.0. The van der Waals surface area contributed by atoms with Crippen molar-refractivity contribution >= 4 is 34.0 Å². The SMILES string of the molecule is CC1(C)c2cc(-c3cccc(N(c4ccc(C5=CCCC=C5)cc4)c4ccc(-c5ccccc5)cc4)c3)ccc2-c2ccc(-c3cccc(N4c5ccccc5C5C=CC=CC54)c3)cc21. The Labute approximate surface area is 383 Å². The van der Waals surface area contributed by atoms with Gasteiger partial charge in [-0.3, -0.25) is 0 Å². The molecule has 312 valence electrons. The molecule has 0 N–H and O–H groups in total. The quantitative estimate of drug-likeness (QED) is 0.150. The van der Waals surface area contributed by atoms with Crippen LogP contribution in [0.2, 0.25) is 0 Å². The first-order valence-corrected chi connectivity index (χ1v) is 23.1. The Bertz CT molecular complexity index is 3240. The van der Waals surface area contributed by atoms with Crippen molar-refractivity contribution in [2.45, 2.75) is 44.1 Å². The summed E-state index contributed by atoms with van der Waals surface area (Å²) in [5, 5.41) is 0. The number of benzene rings is 8. The lowest BCUT2D eigenvalue weighted by Gasteiger charge is -2.29. The molecule has 0 aromatic heterocycles. The number of anilines is 5. The van der Waals surface area contributed by atoms with Crippen LogP contribution in [-0.4, -0.2) is 6.04 Å². The fraction of sp³-hybridized carbons (Fsp3) is 0.111. The average Bonchev–Trinajstić information content (AvgIpc) is 3.83. The molecule has 8 aromatic carbocycles. The van der Waals surface area contributed by atoms with Gasteiger partial charge in [0, 0.05) is 39.8 Å². The van der Waals surface area contributed by atoms with E-state index in [9.17, 15) is 0 Å². The minimum Gasteiger partial charge on any atom is -0.333 e. The molecule has 3 aliphatic carbocycles. The molecule has 1 aliphatic heterocycles. The molecule has 12 rings (SSSR count). The molecule has 2 unspecified atom stereocenters. The van der Waals surface area contributed by atoms with Crippen molar-refractivity contribution in [2.24, 2.45) is 0 Å². The van der Waals surface area contributed by atoms with Gasteiger partial charge in [-0.05, 0) is 152 Å². The third kappa shape index (κ3) is 6.80. The number of hydrogen-bond acceptors (Lipinski definition) is 2. The Morgan fingerprint density at radius 1 is 0.477 bits per heavy atom. The van der Waals surface area contributed by atoms with Gasteiger partial charge >= 0.3 is 0 Å².